The summed E-state index contributed by atoms with van der Waals surface area (Å²) in [5.41, 5.74) is 1.35. The quantitative estimate of drug-likeness (QED) is 0.818. The van der Waals surface area contributed by atoms with Crippen LogP contribution in [0.4, 0.5) is 11.4 Å². The summed E-state index contributed by atoms with van der Waals surface area (Å²) in [6.45, 7) is 2.07. The third kappa shape index (κ3) is 4.19. The van der Waals surface area contributed by atoms with Gasteiger partial charge in [0.1, 0.15) is 5.75 Å². The Kier molecular flexibility index (Phi) is 5.34. The van der Waals surface area contributed by atoms with Gasteiger partial charge in [0.25, 0.3) is 10.0 Å². The van der Waals surface area contributed by atoms with Crippen molar-refractivity contribution < 1.29 is 21.6 Å². The molecule has 146 valence electrons. The van der Waals surface area contributed by atoms with Crippen LogP contribution in [0.25, 0.3) is 0 Å². The normalized spacial score (nSPS) is 16.7. The van der Waals surface area contributed by atoms with Crippen molar-refractivity contribution in [1.29, 1.82) is 0 Å². The molecule has 0 saturated carbocycles. The van der Waals surface area contributed by atoms with Crippen LogP contribution in [-0.2, 0) is 20.0 Å². The average Bonchev–Trinajstić information content (AvgIpc) is 2.60. The molecule has 1 aliphatic heterocycles. The van der Waals surface area contributed by atoms with Gasteiger partial charge in [-0.3, -0.25) is 9.03 Å². The molecule has 1 fully saturated rings. The molecule has 1 N–H and O–H groups in total. The van der Waals surface area contributed by atoms with Crippen LogP contribution in [0.15, 0.2) is 47.4 Å². The molecule has 0 bridgehead atoms. The fraction of sp³-hybridized carbons (Fsp3) is 0.333. The summed E-state index contributed by atoms with van der Waals surface area (Å²) < 4.78 is 59.0. The Morgan fingerprint density at radius 1 is 1.11 bits per heavy atom. The summed E-state index contributed by atoms with van der Waals surface area (Å²) in [4.78, 5) is 0.100. The molecule has 0 amide bonds. The van der Waals surface area contributed by atoms with Gasteiger partial charge in [-0.2, -0.15) is 0 Å². The highest BCUT2D eigenvalue weighted by Gasteiger charge is 2.27. The Balaban J connectivity index is 1.90. The van der Waals surface area contributed by atoms with Crippen molar-refractivity contribution in [2.75, 3.05) is 28.4 Å². The Morgan fingerprint density at radius 2 is 1.89 bits per heavy atom. The van der Waals surface area contributed by atoms with Crippen molar-refractivity contribution in [1.82, 2.24) is 0 Å². The Morgan fingerprint density at radius 3 is 2.56 bits per heavy atom. The molecule has 0 atom stereocenters. The number of ether oxygens (including phenoxy) is 1. The van der Waals surface area contributed by atoms with E-state index in [1.165, 1.54) is 23.5 Å². The van der Waals surface area contributed by atoms with Crippen molar-refractivity contribution in [2.24, 2.45) is 0 Å². The number of methoxy groups -OCH3 is 1. The van der Waals surface area contributed by atoms with Crippen molar-refractivity contribution >= 4 is 31.4 Å². The molecule has 0 aliphatic carbocycles. The highest BCUT2D eigenvalue weighted by atomic mass is 32.2. The van der Waals surface area contributed by atoms with Gasteiger partial charge >= 0.3 is 0 Å². The second-order valence-electron chi connectivity index (χ2n) is 6.38. The lowest BCUT2D eigenvalue weighted by Crippen LogP contribution is -2.37. The Labute approximate surface area is 160 Å². The lowest BCUT2D eigenvalue weighted by molar-refractivity contribution is 0.415. The molecule has 0 aromatic heterocycles. The van der Waals surface area contributed by atoms with Gasteiger partial charge in [0.15, 0.2) is 0 Å². The summed E-state index contributed by atoms with van der Waals surface area (Å²) in [6.07, 6.45) is 1.43. The molecule has 1 saturated heterocycles. The first kappa shape index (κ1) is 19.5. The zero-order valence-electron chi connectivity index (χ0n) is 15.2. The van der Waals surface area contributed by atoms with Crippen molar-refractivity contribution in [2.45, 2.75) is 24.7 Å². The first-order valence-electron chi connectivity index (χ1n) is 8.51. The van der Waals surface area contributed by atoms with Gasteiger partial charge in [-0.25, -0.2) is 16.8 Å². The highest BCUT2D eigenvalue weighted by molar-refractivity contribution is 7.93. The maximum atomic E-state index is 12.8. The molecule has 1 aliphatic rings. The predicted octanol–water partition coefficient (Wildman–Crippen LogP) is 2.73. The lowest BCUT2D eigenvalue weighted by atomic mass is 10.2. The third-order valence-electron chi connectivity index (χ3n) is 4.41. The van der Waals surface area contributed by atoms with Crippen LogP contribution in [0.3, 0.4) is 0 Å². The summed E-state index contributed by atoms with van der Waals surface area (Å²) in [5.74, 6) is 0.654. The SMILES string of the molecule is COc1cccc(NS(=O)(=O)c2ccc(N3CCCCS3(=O)=O)cc2C)c1. The zero-order valence-corrected chi connectivity index (χ0v) is 16.8. The van der Waals surface area contributed by atoms with Crippen LogP contribution in [0.5, 0.6) is 5.75 Å². The van der Waals surface area contributed by atoms with E-state index in [0.29, 0.717) is 35.7 Å². The zero-order chi connectivity index (χ0) is 19.7. The van der Waals surface area contributed by atoms with Crippen molar-refractivity contribution in [3.05, 3.63) is 48.0 Å². The first-order chi connectivity index (χ1) is 12.7. The summed E-state index contributed by atoms with van der Waals surface area (Å²) in [6, 6.07) is 11.2. The summed E-state index contributed by atoms with van der Waals surface area (Å²) in [5, 5.41) is 0. The smallest absolute Gasteiger partial charge is 0.262 e. The van der Waals surface area contributed by atoms with E-state index >= 15 is 0 Å². The van der Waals surface area contributed by atoms with Crippen LogP contribution in [-0.4, -0.2) is 36.2 Å². The van der Waals surface area contributed by atoms with E-state index in [0.717, 1.165) is 6.42 Å². The first-order valence-corrected chi connectivity index (χ1v) is 11.6. The van der Waals surface area contributed by atoms with Gasteiger partial charge in [-0.1, -0.05) is 6.07 Å². The number of rotatable bonds is 5. The maximum Gasteiger partial charge on any atom is 0.262 e. The average molecular weight is 411 g/mol. The minimum Gasteiger partial charge on any atom is -0.497 e. The number of sulfonamides is 2. The number of hydrogen-bond donors (Lipinski definition) is 1. The maximum absolute atomic E-state index is 12.8. The van der Waals surface area contributed by atoms with E-state index in [-0.39, 0.29) is 10.6 Å². The fourth-order valence-electron chi connectivity index (χ4n) is 3.07. The number of anilines is 2. The van der Waals surface area contributed by atoms with Crippen LogP contribution in [0.2, 0.25) is 0 Å². The fourth-order valence-corrected chi connectivity index (χ4v) is 5.97. The lowest BCUT2D eigenvalue weighted by Gasteiger charge is -2.28. The molecule has 9 heteroatoms. The molecule has 0 spiro atoms. The largest absolute Gasteiger partial charge is 0.497 e. The molecule has 1 heterocycles. The van der Waals surface area contributed by atoms with Gasteiger partial charge in [0, 0.05) is 12.6 Å². The predicted molar refractivity (Wildman–Crippen MR) is 105 cm³/mol. The van der Waals surface area contributed by atoms with Gasteiger partial charge in [-0.15, -0.1) is 0 Å². The second-order valence-corrected chi connectivity index (χ2v) is 10.0. The van der Waals surface area contributed by atoms with E-state index < -0.39 is 20.0 Å². The number of hydrogen-bond acceptors (Lipinski definition) is 5. The van der Waals surface area contributed by atoms with Gasteiger partial charge in [0.2, 0.25) is 10.0 Å². The minimum atomic E-state index is -3.82. The van der Waals surface area contributed by atoms with Crippen LogP contribution < -0.4 is 13.8 Å². The summed E-state index contributed by atoms with van der Waals surface area (Å²) >= 11 is 0. The number of aryl methyl sites for hydroxylation is 1. The molecule has 0 radical (unpaired) electrons. The number of nitrogens with zero attached hydrogens (tertiary/aromatic N) is 1. The molecule has 7 nitrogen and oxygen atoms in total. The number of nitrogens with one attached hydrogen (secondary N) is 1. The number of benzene rings is 2. The summed E-state index contributed by atoms with van der Waals surface area (Å²) in [7, 11) is -5.66. The monoisotopic (exact) mass is 410 g/mol. The molecule has 3 rings (SSSR count). The third-order valence-corrected chi connectivity index (χ3v) is 7.82. The van der Waals surface area contributed by atoms with Gasteiger partial charge in [0.05, 0.1) is 29.1 Å². The van der Waals surface area contributed by atoms with Crippen molar-refractivity contribution in [3.8, 4) is 5.75 Å². The van der Waals surface area contributed by atoms with E-state index in [1.807, 2.05) is 0 Å². The van der Waals surface area contributed by atoms with Crippen LogP contribution >= 0.6 is 0 Å². The highest BCUT2D eigenvalue weighted by Crippen LogP contribution is 2.28. The topological polar surface area (TPSA) is 92.8 Å². The van der Waals surface area contributed by atoms with E-state index in [9.17, 15) is 16.8 Å². The molecule has 27 heavy (non-hydrogen) atoms. The van der Waals surface area contributed by atoms with Gasteiger partial charge in [-0.05, 0) is 55.7 Å². The van der Waals surface area contributed by atoms with E-state index in [2.05, 4.69) is 4.72 Å². The second kappa shape index (κ2) is 7.40. The van der Waals surface area contributed by atoms with Gasteiger partial charge < -0.3 is 4.74 Å². The standard InChI is InChI=1S/C18H22N2O5S2/c1-14-12-16(20-10-3-4-11-26(20,21)22)8-9-18(14)27(23,24)19-15-6-5-7-17(13-15)25-2/h5-9,12-13,19H,3-4,10-11H2,1-2H3. The Bertz CT molecular complexity index is 1050. The Hall–Kier alpha value is -2.26. The van der Waals surface area contributed by atoms with Crippen molar-refractivity contribution in [3.63, 3.8) is 0 Å². The molecular formula is C18H22N2O5S2. The van der Waals surface area contributed by atoms with Crippen LogP contribution in [0.1, 0.15) is 18.4 Å². The molecule has 2 aromatic carbocycles. The molecule has 2 aromatic rings. The molecular weight excluding hydrogens is 388 g/mol. The van der Waals surface area contributed by atoms with Crippen LogP contribution in [0, 0.1) is 6.92 Å². The molecule has 0 unspecified atom stereocenters. The van der Waals surface area contributed by atoms with E-state index in [1.54, 1.807) is 37.3 Å². The van der Waals surface area contributed by atoms with E-state index in [4.69, 9.17) is 4.74 Å². The minimum absolute atomic E-state index is 0.100.